The molecule has 1 aliphatic rings. The number of halogens is 2. The molecule has 0 unspecified atom stereocenters. The van der Waals surface area contributed by atoms with Crippen LogP contribution >= 0.6 is 47.2 Å². The van der Waals surface area contributed by atoms with E-state index in [1.165, 1.54) is 17.8 Å². The average Bonchev–Trinajstić information content (AvgIpc) is 3.06. The van der Waals surface area contributed by atoms with Crippen molar-refractivity contribution in [3.8, 4) is 0 Å². The lowest BCUT2D eigenvalue weighted by Crippen LogP contribution is -2.41. The molecule has 6 nitrogen and oxygen atoms in total. The first-order chi connectivity index (χ1) is 15.8. The number of benzene rings is 2. The summed E-state index contributed by atoms with van der Waals surface area (Å²) in [6, 6.07) is 13.7. The summed E-state index contributed by atoms with van der Waals surface area (Å²) >= 11 is 18.4. The Morgan fingerprint density at radius 2 is 1.76 bits per heavy atom. The zero-order chi connectivity index (χ0) is 23.8. The van der Waals surface area contributed by atoms with Crippen molar-refractivity contribution in [1.29, 1.82) is 0 Å². The second-order valence-electron chi connectivity index (χ2n) is 7.21. The third-order valence-corrected chi connectivity index (χ3v) is 6.59. The van der Waals surface area contributed by atoms with Gasteiger partial charge in [0, 0.05) is 28.6 Å². The third-order valence-electron chi connectivity index (χ3n) is 4.73. The zero-order valence-corrected chi connectivity index (χ0v) is 20.6. The predicted molar refractivity (Wildman–Crippen MR) is 137 cm³/mol. The Morgan fingerprint density at radius 1 is 1.00 bits per heavy atom. The van der Waals surface area contributed by atoms with Gasteiger partial charge in [0.05, 0.1) is 4.91 Å². The fraction of sp³-hybridized carbons (Fsp3) is 0.217. The molecule has 10 heteroatoms. The number of hydrogen-bond donors (Lipinski definition) is 2. The van der Waals surface area contributed by atoms with Crippen LogP contribution in [0.5, 0.6) is 0 Å². The Labute approximate surface area is 211 Å². The summed E-state index contributed by atoms with van der Waals surface area (Å²) in [6.45, 7) is 0.496. The average molecular weight is 522 g/mol. The van der Waals surface area contributed by atoms with Crippen LogP contribution in [0.3, 0.4) is 0 Å². The van der Waals surface area contributed by atoms with E-state index >= 15 is 0 Å². The highest BCUT2D eigenvalue weighted by molar-refractivity contribution is 8.26. The molecule has 1 aliphatic heterocycles. The minimum atomic E-state index is -0.438. The summed E-state index contributed by atoms with van der Waals surface area (Å²) in [7, 11) is 0. The van der Waals surface area contributed by atoms with Gasteiger partial charge in [0.25, 0.3) is 11.8 Å². The number of hydrazine groups is 1. The number of nitrogens with zero attached hydrogens (tertiary/aromatic N) is 1. The van der Waals surface area contributed by atoms with Crippen molar-refractivity contribution < 1.29 is 14.4 Å². The molecule has 172 valence electrons. The molecule has 33 heavy (non-hydrogen) atoms. The van der Waals surface area contributed by atoms with Crippen LogP contribution in [0.1, 0.15) is 41.6 Å². The van der Waals surface area contributed by atoms with Crippen molar-refractivity contribution in [3.63, 3.8) is 0 Å². The molecular formula is C23H21Cl2N3O3S2. The summed E-state index contributed by atoms with van der Waals surface area (Å²) in [5.74, 6) is -0.838. The van der Waals surface area contributed by atoms with Crippen molar-refractivity contribution in [3.05, 3.63) is 74.6 Å². The topological polar surface area (TPSA) is 78.5 Å². The standard InChI is InChI=1S/C23H21Cl2N3O3S2/c24-17-10-8-15(9-11-17)13-19-22(31)28(23(32)33-19)12-3-1-2-7-20(29)26-27-21(30)16-5-4-6-18(25)14-16/h4-6,8-11,13-14H,1-3,7,12H2,(H,26,29)(H,27,30). The van der Waals surface area contributed by atoms with Crippen LogP contribution in [0.4, 0.5) is 0 Å². The van der Waals surface area contributed by atoms with Crippen molar-refractivity contribution in [1.82, 2.24) is 15.8 Å². The van der Waals surface area contributed by atoms with E-state index in [0.717, 1.165) is 12.0 Å². The first-order valence-electron chi connectivity index (χ1n) is 10.2. The van der Waals surface area contributed by atoms with Gasteiger partial charge in [0.15, 0.2) is 0 Å². The molecule has 0 aromatic heterocycles. The molecular weight excluding hydrogens is 501 g/mol. The molecule has 0 aliphatic carbocycles. The lowest BCUT2D eigenvalue weighted by atomic mass is 10.2. The van der Waals surface area contributed by atoms with Crippen LogP contribution in [0.25, 0.3) is 6.08 Å². The number of thiocarbonyl (C=S) groups is 1. The Hall–Kier alpha value is -2.39. The molecule has 2 N–H and O–H groups in total. The lowest BCUT2D eigenvalue weighted by molar-refractivity contribution is -0.123. The van der Waals surface area contributed by atoms with Gasteiger partial charge in [-0.15, -0.1) is 0 Å². The van der Waals surface area contributed by atoms with Gasteiger partial charge in [-0.05, 0) is 54.8 Å². The van der Waals surface area contributed by atoms with Gasteiger partial charge in [-0.2, -0.15) is 0 Å². The number of rotatable bonds is 8. The molecule has 1 fully saturated rings. The maximum Gasteiger partial charge on any atom is 0.269 e. The van der Waals surface area contributed by atoms with E-state index in [1.54, 1.807) is 41.3 Å². The summed E-state index contributed by atoms with van der Waals surface area (Å²) < 4.78 is 0.529. The molecule has 0 radical (unpaired) electrons. The van der Waals surface area contributed by atoms with Crippen molar-refractivity contribution in [2.75, 3.05) is 6.54 Å². The molecule has 3 amide bonds. The number of hydrogen-bond acceptors (Lipinski definition) is 5. The second kappa shape index (κ2) is 12.2. The van der Waals surface area contributed by atoms with Gasteiger partial charge >= 0.3 is 0 Å². The van der Waals surface area contributed by atoms with E-state index in [9.17, 15) is 14.4 Å². The first kappa shape index (κ1) is 25.2. The molecule has 2 aromatic carbocycles. The molecule has 0 saturated carbocycles. The summed E-state index contributed by atoms with van der Waals surface area (Å²) in [5.41, 5.74) is 6.00. The Bertz CT molecular complexity index is 1090. The van der Waals surface area contributed by atoms with Gasteiger partial charge in [-0.1, -0.05) is 71.8 Å². The van der Waals surface area contributed by atoms with Crippen LogP contribution in [0, 0.1) is 0 Å². The number of carbonyl (C=O) groups excluding carboxylic acids is 3. The molecule has 3 rings (SSSR count). The number of nitrogens with one attached hydrogen (secondary N) is 2. The molecule has 1 saturated heterocycles. The predicted octanol–water partition coefficient (Wildman–Crippen LogP) is 5.22. The number of carbonyl (C=O) groups is 3. The van der Waals surface area contributed by atoms with Crippen molar-refractivity contribution in [2.24, 2.45) is 0 Å². The summed E-state index contributed by atoms with van der Waals surface area (Å²) in [6.07, 6.45) is 4.13. The number of thioether (sulfide) groups is 1. The van der Waals surface area contributed by atoms with Gasteiger partial charge in [-0.3, -0.25) is 30.1 Å². The zero-order valence-electron chi connectivity index (χ0n) is 17.5. The summed E-state index contributed by atoms with van der Waals surface area (Å²) in [4.78, 5) is 38.8. The fourth-order valence-corrected chi connectivity index (χ4v) is 4.65. The molecule has 0 bridgehead atoms. The highest BCUT2D eigenvalue weighted by atomic mass is 35.5. The Morgan fingerprint density at radius 3 is 2.48 bits per heavy atom. The molecule has 1 heterocycles. The first-order valence-corrected chi connectivity index (χ1v) is 12.2. The van der Waals surface area contributed by atoms with Crippen LogP contribution < -0.4 is 10.9 Å². The van der Waals surface area contributed by atoms with Crippen molar-refractivity contribution >= 4 is 75.3 Å². The van der Waals surface area contributed by atoms with Crippen LogP contribution in [0.15, 0.2) is 53.4 Å². The normalized spacial score (nSPS) is 14.6. The van der Waals surface area contributed by atoms with Gasteiger partial charge in [0.2, 0.25) is 5.91 Å². The monoisotopic (exact) mass is 521 g/mol. The maximum atomic E-state index is 12.7. The fourth-order valence-electron chi connectivity index (χ4n) is 3.03. The molecule has 0 atom stereocenters. The van der Waals surface area contributed by atoms with Gasteiger partial charge in [0.1, 0.15) is 4.32 Å². The molecule has 0 spiro atoms. The van der Waals surface area contributed by atoms with Gasteiger partial charge in [-0.25, -0.2) is 0 Å². The highest BCUT2D eigenvalue weighted by Gasteiger charge is 2.31. The van der Waals surface area contributed by atoms with Gasteiger partial charge < -0.3 is 0 Å². The van der Waals surface area contributed by atoms with E-state index in [4.69, 9.17) is 35.4 Å². The number of amides is 3. The maximum absolute atomic E-state index is 12.7. The Kier molecular flexibility index (Phi) is 9.31. The van der Waals surface area contributed by atoms with E-state index in [-0.39, 0.29) is 18.2 Å². The largest absolute Gasteiger partial charge is 0.293 e. The third kappa shape index (κ3) is 7.57. The highest BCUT2D eigenvalue weighted by Crippen LogP contribution is 2.33. The Balaban J connectivity index is 1.36. The minimum Gasteiger partial charge on any atom is -0.293 e. The van der Waals surface area contributed by atoms with E-state index < -0.39 is 5.91 Å². The van der Waals surface area contributed by atoms with E-state index in [1.807, 2.05) is 12.1 Å². The van der Waals surface area contributed by atoms with Crippen LogP contribution in [-0.4, -0.2) is 33.5 Å². The lowest BCUT2D eigenvalue weighted by Gasteiger charge is -2.14. The minimum absolute atomic E-state index is 0.110. The molecule has 2 aromatic rings. The quantitative estimate of drug-likeness (QED) is 0.215. The van der Waals surface area contributed by atoms with Crippen LogP contribution in [-0.2, 0) is 9.59 Å². The van der Waals surface area contributed by atoms with E-state index in [0.29, 0.717) is 44.2 Å². The SMILES string of the molecule is O=C(CCCCCN1C(=O)C(=Cc2ccc(Cl)cc2)SC1=S)NNC(=O)c1cccc(Cl)c1. The van der Waals surface area contributed by atoms with Crippen LogP contribution in [0.2, 0.25) is 10.0 Å². The summed E-state index contributed by atoms with van der Waals surface area (Å²) in [5, 5.41) is 1.08. The van der Waals surface area contributed by atoms with Crippen molar-refractivity contribution in [2.45, 2.75) is 25.7 Å². The number of unbranched alkanes of at least 4 members (excludes halogenated alkanes) is 2. The smallest absolute Gasteiger partial charge is 0.269 e. The van der Waals surface area contributed by atoms with E-state index in [2.05, 4.69) is 10.9 Å². The second-order valence-corrected chi connectivity index (χ2v) is 9.76.